The van der Waals surface area contributed by atoms with Gasteiger partial charge < -0.3 is 4.74 Å². The lowest BCUT2D eigenvalue weighted by molar-refractivity contribution is 0.0515. The second-order valence-electron chi connectivity index (χ2n) is 5.30. The van der Waals surface area contributed by atoms with Gasteiger partial charge in [-0.1, -0.05) is 48.0 Å². The summed E-state index contributed by atoms with van der Waals surface area (Å²) >= 11 is 6.09. The molecule has 0 amide bonds. The summed E-state index contributed by atoms with van der Waals surface area (Å²) in [4.78, 5) is 12.5. The minimum atomic E-state index is -0.398. The zero-order valence-corrected chi connectivity index (χ0v) is 14.2. The summed E-state index contributed by atoms with van der Waals surface area (Å²) in [5.74, 6) is -0.398. The Morgan fingerprint density at radius 3 is 2.58 bits per heavy atom. The monoisotopic (exact) mass is 340 g/mol. The number of benzene rings is 2. The first-order chi connectivity index (χ1) is 11.6. The van der Waals surface area contributed by atoms with E-state index in [1.54, 1.807) is 23.7 Å². The molecule has 5 heteroatoms. The molecule has 0 atom stereocenters. The molecule has 3 rings (SSSR count). The van der Waals surface area contributed by atoms with Crippen molar-refractivity contribution in [3.8, 4) is 16.9 Å². The summed E-state index contributed by atoms with van der Waals surface area (Å²) in [6, 6.07) is 17.0. The fourth-order valence-electron chi connectivity index (χ4n) is 2.60. The van der Waals surface area contributed by atoms with Crippen molar-refractivity contribution in [3.63, 3.8) is 0 Å². The molecule has 0 bridgehead atoms. The highest BCUT2D eigenvalue weighted by Gasteiger charge is 2.23. The molecule has 0 unspecified atom stereocenters. The molecule has 0 saturated carbocycles. The van der Waals surface area contributed by atoms with Gasteiger partial charge in [-0.2, -0.15) is 5.10 Å². The molecule has 3 aromatic rings. The number of aromatic nitrogens is 2. The number of hydrogen-bond acceptors (Lipinski definition) is 3. The van der Waals surface area contributed by atoms with Crippen LogP contribution in [0.15, 0.2) is 54.6 Å². The number of halogens is 1. The molecule has 24 heavy (non-hydrogen) atoms. The molecule has 0 radical (unpaired) electrons. The Kier molecular flexibility index (Phi) is 4.67. The average Bonchev–Trinajstić information content (AvgIpc) is 2.93. The highest BCUT2D eigenvalue weighted by atomic mass is 35.5. The molecule has 0 aliphatic rings. The van der Waals surface area contributed by atoms with Crippen LogP contribution >= 0.6 is 11.6 Å². The van der Waals surface area contributed by atoms with Gasteiger partial charge >= 0.3 is 5.97 Å². The topological polar surface area (TPSA) is 44.1 Å². The molecular weight excluding hydrogens is 324 g/mol. The number of nitrogens with zero attached hydrogens (tertiary/aromatic N) is 2. The van der Waals surface area contributed by atoms with Crippen molar-refractivity contribution >= 4 is 17.6 Å². The third kappa shape index (κ3) is 3.05. The Hall–Kier alpha value is -2.59. The largest absolute Gasteiger partial charge is 0.461 e. The lowest BCUT2D eigenvalue weighted by Gasteiger charge is -2.08. The molecule has 122 valence electrons. The third-order valence-electron chi connectivity index (χ3n) is 3.69. The maximum Gasteiger partial charge on any atom is 0.357 e. The van der Waals surface area contributed by atoms with Gasteiger partial charge in [0.1, 0.15) is 0 Å². The van der Waals surface area contributed by atoms with Crippen LogP contribution in [0.4, 0.5) is 0 Å². The number of carbonyl (C=O) groups excluding carboxylic acids is 1. The Balaban J connectivity index is 2.21. The van der Waals surface area contributed by atoms with Crippen LogP contribution in [0.25, 0.3) is 16.9 Å². The molecular formula is C19H17ClN2O2. The second kappa shape index (κ2) is 6.89. The van der Waals surface area contributed by atoms with E-state index in [-0.39, 0.29) is 0 Å². The maximum atomic E-state index is 12.5. The van der Waals surface area contributed by atoms with Crippen LogP contribution in [-0.4, -0.2) is 22.4 Å². The summed E-state index contributed by atoms with van der Waals surface area (Å²) in [7, 11) is 0. The lowest BCUT2D eigenvalue weighted by atomic mass is 10.1. The van der Waals surface area contributed by atoms with Gasteiger partial charge in [0.15, 0.2) is 5.69 Å². The molecule has 1 aromatic heterocycles. The number of rotatable bonds is 4. The van der Waals surface area contributed by atoms with Gasteiger partial charge in [-0.3, -0.25) is 0 Å². The third-order valence-corrected chi connectivity index (χ3v) is 3.93. The molecule has 0 N–H and O–H groups in total. The Bertz CT molecular complexity index is 872. The maximum absolute atomic E-state index is 12.5. The van der Waals surface area contributed by atoms with Crippen LogP contribution in [0, 0.1) is 6.92 Å². The number of ether oxygens (including phenoxy) is 1. The average molecular weight is 341 g/mol. The normalized spacial score (nSPS) is 10.6. The van der Waals surface area contributed by atoms with Gasteiger partial charge in [0.2, 0.25) is 0 Å². The van der Waals surface area contributed by atoms with Gasteiger partial charge in [-0.15, -0.1) is 0 Å². The van der Waals surface area contributed by atoms with Gasteiger partial charge in [-0.05, 0) is 32.0 Å². The molecule has 0 fully saturated rings. The number of carbonyl (C=O) groups is 1. The SMILES string of the molecule is CCOC(=O)c1c(C)c(-c2ccccc2)nn1-c1cccc(Cl)c1. The van der Waals surface area contributed by atoms with Crippen LogP contribution in [-0.2, 0) is 4.74 Å². The zero-order valence-electron chi connectivity index (χ0n) is 13.5. The van der Waals surface area contributed by atoms with E-state index in [1.165, 1.54) is 0 Å². The van der Waals surface area contributed by atoms with E-state index in [0.717, 1.165) is 22.5 Å². The summed E-state index contributed by atoms with van der Waals surface area (Å²) in [6.07, 6.45) is 0. The van der Waals surface area contributed by atoms with E-state index in [4.69, 9.17) is 16.3 Å². The van der Waals surface area contributed by atoms with Crippen LogP contribution in [0.2, 0.25) is 5.02 Å². The van der Waals surface area contributed by atoms with Gasteiger partial charge in [-0.25, -0.2) is 9.48 Å². The molecule has 2 aromatic carbocycles. The minimum Gasteiger partial charge on any atom is -0.461 e. The fraction of sp³-hybridized carbons (Fsp3) is 0.158. The fourth-order valence-corrected chi connectivity index (χ4v) is 2.78. The standard InChI is InChI=1S/C19H17ClN2O2/c1-3-24-19(23)18-13(2)17(14-8-5-4-6-9-14)21-22(18)16-11-7-10-15(20)12-16/h4-12H,3H2,1-2H3. The predicted molar refractivity (Wildman–Crippen MR) is 94.7 cm³/mol. The van der Waals surface area contributed by atoms with Crippen LogP contribution in [0.1, 0.15) is 23.0 Å². The molecule has 0 aliphatic heterocycles. The van der Waals surface area contributed by atoms with Crippen molar-refractivity contribution in [2.45, 2.75) is 13.8 Å². The van der Waals surface area contributed by atoms with Crippen molar-refractivity contribution in [2.24, 2.45) is 0 Å². The zero-order chi connectivity index (χ0) is 17.1. The highest BCUT2D eigenvalue weighted by molar-refractivity contribution is 6.30. The van der Waals surface area contributed by atoms with E-state index >= 15 is 0 Å². The quantitative estimate of drug-likeness (QED) is 0.648. The second-order valence-corrected chi connectivity index (χ2v) is 5.74. The van der Waals surface area contributed by atoms with Crippen LogP contribution in [0.5, 0.6) is 0 Å². The molecule has 0 aliphatic carbocycles. The van der Waals surface area contributed by atoms with Crippen molar-refractivity contribution in [1.29, 1.82) is 0 Å². The first-order valence-corrected chi connectivity index (χ1v) is 8.07. The molecule has 0 spiro atoms. The molecule has 1 heterocycles. The first-order valence-electron chi connectivity index (χ1n) is 7.70. The van der Waals surface area contributed by atoms with E-state index in [1.807, 2.05) is 49.4 Å². The van der Waals surface area contributed by atoms with E-state index in [0.29, 0.717) is 17.3 Å². The summed E-state index contributed by atoms with van der Waals surface area (Å²) in [6.45, 7) is 3.97. The predicted octanol–water partition coefficient (Wildman–Crippen LogP) is 4.68. The Morgan fingerprint density at radius 2 is 1.92 bits per heavy atom. The molecule has 0 saturated heterocycles. The summed E-state index contributed by atoms with van der Waals surface area (Å²) < 4.78 is 6.82. The van der Waals surface area contributed by atoms with Crippen LogP contribution < -0.4 is 0 Å². The van der Waals surface area contributed by atoms with Gasteiger partial charge in [0, 0.05) is 16.1 Å². The van der Waals surface area contributed by atoms with E-state index in [2.05, 4.69) is 5.10 Å². The van der Waals surface area contributed by atoms with Crippen molar-refractivity contribution in [3.05, 3.63) is 70.9 Å². The minimum absolute atomic E-state index is 0.305. The lowest BCUT2D eigenvalue weighted by Crippen LogP contribution is -2.13. The number of esters is 1. The Morgan fingerprint density at radius 1 is 1.17 bits per heavy atom. The Labute approximate surface area is 145 Å². The van der Waals surface area contributed by atoms with Gasteiger partial charge in [0.05, 0.1) is 18.0 Å². The molecule has 4 nitrogen and oxygen atoms in total. The van der Waals surface area contributed by atoms with Crippen molar-refractivity contribution < 1.29 is 9.53 Å². The smallest absolute Gasteiger partial charge is 0.357 e. The van der Waals surface area contributed by atoms with E-state index < -0.39 is 5.97 Å². The first kappa shape index (κ1) is 16.3. The van der Waals surface area contributed by atoms with Crippen molar-refractivity contribution in [2.75, 3.05) is 6.61 Å². The summed E-state index contributed by atoms with van der Waals surface area (Å²) in [5, 5.41) is 5.23. The van der Waals surface area contributed by atoms with Crippen LogP contribution in [0.3, 0.4) is 0 Å². The van der Waals surface area contributed by atoms with Crippen molar-refractivity contribution in [1.82, 2.24) is 9.78 Å². The van der Waals surface area contributed by atoms with E-state index in [9.17, 15) is 4.79 Å². The summed E-state index contributed by atoms with van der Waals surface area (Å²) in [5.41, 5.74) is 3.60. The van der Waals surface area contributed by atoms with Gasteiger partial charge in [0.25, 0.3) is 0 Å². The highest BCUT2D eigenvalue weighted by Crippen LogP contribution is 2.28. The number of hydrogen-bond donors (Lipinski definition) is 0.